The Bertz CT molecular complexity index is 884. The average Bonchev–Trinajstić information content (AvgIpc) is 3.51. The molecule has 2 amide bonds. The van der Waals surface area contributed by atoms with Crippen LogP contribution < -0.4 is 10.1 Å². The van der Waals surface area contributed by atoms with Crippen molar-refractivity contribution in [3.63, 3.8) is 0 Å². The van der Waals surface area contributed by atoms with Crippen LogP contribution in [-0.2, 0) is 9.59 Å². The minimum absolute atomic E-state index is 0.0286. The zero-order valence-corrected chi connectivity index (χ0v) is 17.8. The molecule has 0 bridgehead atoms. The third-order valence-corrected chi connectivity index (χ3v) is 5.65. The summed E-state index contributed by atoms with van der Waals surface area (Å²) < 4.78 is 5.75. The van der Waals surface area contributed by atoms with Gasteiger partial charge in [-0.05, 0) is 36.5 Å². The SMILES string of the molecule is CCC(NC(=O)C1CC1c1ccccc1Cl)c1ccccc1OCC(=O)N(C)C. The van der Waals surface area contributed by atoms with Crippen LogP contribution >= 0.6 is 11.6 Å². The first kappa shape index (κ1) is 21.2. The van der Waals surface area contributed by atoms with Crippen molar-refractivity contribution in [2.45, 2.75) is 31.7 Å². The molecule has 6 heteroatoms. The van der Waals surface area contributed by atoms with Gasteiger partial charge >= 0.3 is 0 Å². The number of carbonyl (C=O) groups is 2. The Balaban J connectivity index is 1.67. The van der Waals surface area contributed by atoms with Crippen LogP contribution in [0.25, 0.3) is 0 Å². The maximum atomic E-state index is 12.9. The summed E-state index contributed by atoms with van der Waals surface area (Å²) in [6.45, 7) is 1.98. The number of hydrogen-bond donors (Lipinski definition) is 1. The first-order valence-corrected chi connectivity index (χ1v) is 10.3. The van der Waals surface area contributed by atoms with Crippen LogP contribution in [-0.4, -0.2) is 37.4 Å². The van der Waals surface area contributed by atoms with Crippen LogP contribution in [0.2, 0.25) is 5.02 Å². The Kier molecular flexibility index (Phi) is 6.80. The van der Waals surface area contributed by atoms with Gasteiger partial charge in [0.25, 0.3) is 5.91 Å². The summed E-state index contributed by atoms with van der Waals surface area (Å²) in [5.74, 6) is 0.643. The van der Waals surface area contributed by atoms with Crippen LogP contribution in [0.1, 0.15) is 42.9 Å². The number of halogens is 1. The van der Waals surface area contributed by atoms with Gasteiger partial charge < -0.3 is 15.0 Å². The molecule has 5 nitrogen and oxygen atoms in total. The van der Waals surface area contributed by atoms with Crippen molar-refractivity contribution in [3.8, 4) is 5.75 Å². The number of ether oxygens (including phenoxy) is 1. The minimum Gasteiger partial charge on any atom is -0.483 e. The number of amides is 2. The van der Waals surface area contributed by atoms with E-state index in [4.69, 9.17) is 16.3 Å². The average molecular weight is 415 g/mol. The lowest BCUT2D eigenvalue weighted by Crippen LogP contribution is -2.31. The van der Waals surface area contributed by atoms with Gasteiger partial charge in [0, 0.05) is 30.6 Å². The molecule has 0 aliphatic heterocycles. The van der Waals surface area contributed by atoms with Crippen LogP contribution in [0, 0.1) is 5.92 Å². The second-order valence-electron chi connectivity index (χ2n) is 7.55. The lowest BCUT2D eigenvalue weighted by Gasteiger charge is -2.21. The van der Waals surface area contributed by atoms with Gasteiger partial charge in [-0.1, -0.05) is 54.9 Å². The van der Waals surface area contributed by atoms with Crippen molar-refractivity contribution in [1.82, 2.24) is 10.2 Å². The molecular formula is C23H27ClN2O3. The highest BCUT2D eigenvalue weighted by Crippen LogP contribution is 2.50. The van der Waals surface area contributed by atoms with Crippen molar-refractivity contribution in [2.75, 3.05) is 20.7 Å². The minimum atomic E-state index is -0.180. The number of hydrogen-bond acceptors (Lipinski definition) is 3. The molecule has 1 aliphatic carbocycles. The molecule has 3 unspecified atom stereocenters. The Labute approximate surface area is 177 Å². The molecule has 3 rings (SSSR count). The standard InChI is InChI=1S/C23H27ClN2O3/c1-4-20(16-10-6-8-12-21(16)29-14-22(27)26(2)3)25-23(28)18-13-17(18)15-9-5-7-11-19(15)24/h5-12,17-18,20H,4,13-14H2,1-3H3,(H,25,28). The van der Waals surface area contributed by atoms with E-state index in [2.05, 4.69) is 5.32 Å². The summed E-state index contributed by atoms with van der Waals surface area (Å²) in [6, 6.07) is 15.1. The smallest absolute Gasteiger partial charge is 0.259 e. The highest BCUT2D eigenvalue weighted by atomic mass is 35.5. The summed E-state index contributed by atoms with van der Waals surface area (Å²) in [4.78, 5) is 26.2. The number of nitrogens with one attached hydrogen (secondary N) is 1. The predicted octanol–water partition coefficient (Wildman–Crippen LogP) is 4.18. The Morgan fingerprint density at radius 3 is 2.55 bits per heavy atom. The molecule has 0 radical (unpaired) electrons. The molecule has 2 aromatic carbocycles. The van der Waals surface area contributed by atoms with Gasteiger partial charge in [-0.15, -0.1) is 0 Å². The molecule has 0 heterocycles. The molecule has 1 N–H and O–H groups in total. The Morgan fingerprint density at radius 2 is 1.86 bits per heavy atom. The largest absolute Gasteiger partial charge is 0.483 e. The Morgan fingerprint density at radius 1 is 1.17 bits per heavy atom. The van der Waals surface area contributed by atoms with Crippen LogP contribution in [0.4, 0.5) is 0 Å². The lowest BCUT2D eigenvalue weighted by atomic mass is 10.0. The van der Waals surface area contributed by atoms with Crippen molar-refractivity contribution < 1.29 is 14.3 Å². The monoisotopic (exact) mass is 414 g/mol. The van der Waals surface area contributed by atoms with Gasteiger partial charge in [-0.25, -0.2) is 0 Å². The number of likely N-dealkylation sites (N-methyl/N-ethyl adjacent to an activating group) is 1. The van der Waals surface area contributed by atoms with Crippen molar-refractivity contribution in [3.05, 3.63) is 64.7 Å². The predicted molar refractivity (Wildman–Crippen MR) is 114 cm³/mol. The van der Waals surface area contributed by atoms with Gasteiger partial charge in [-0.2, -0.15) is 0 Å². The van der Waals surface area contributed by atoms with Crippen LogP contribution in [0.3, 0.4) is 0 Å². The fourth-order valence-corrected chi connectivity index (χ4v) is 3.73. The van der Waals surface area contributed by atoms with Crippen molar-refractivity contribution in [2.24, 2.45) is 5.92 Å². The zero-order chi connectivity index (χ0) is 21.0. The van der Waals surface area contributed by atoms with Crippen molar-refractivity contribution in [1.29, 1.82) is 0 Å². The van der Waals surface area contributed by atoms with E-state index in [-0.39, 0.29) is 36.3 Å². The third kappa shape index (κ3) is 5.10. The maximum Gasteiger partial charge on any atom is 0.259 e. The molecule has 1 fully saturated rings. The Hall–Kier alpha value is -2.53. The van der Waals surface area contributed by atoms with Crippen molar-refractivity contribution >= 4 is 23.4 Å². The van der Waals surface area contributed by atoms with E-state index in [0.717, 1.165) is 24.0 Å². The van der Waals surface area contributed by atoms with Gasteiger partial charge in [0.1, 0.15) is 5.75 Å². The van der Waals surface area contributed by atoms with Crippen LogP contribution in [0.15, 0.2) is 48.5 Å². The fourth-order valence-electron chi connectivity index (χ4n) is 3.45. The molecule has 29 heavy (non-hydrogen) atoms. The van der Waals surface area contributed by atoms with Gasteiger partial charge in [0.05, 0.1) is 6.04 Å². The van der Waals surface area contributed by atoms with Gasteiger partial charge in [-0.3, -0.25) is 9.59 Å². The molecule has 0 aromatic heterocycles. The number of para-hydroxylation sites is 1. The second kappa shape index (κ2) is 9.31. The normalized spacial score (nSPS) is 18.6. The number of carbonyl (C=O) groups excluding carboxylic acids is 2. The second-order valence-corrected chi connectivity index (χ2v) is 7.96. The van der Waals surface area contributed by atoms with E-state index < -0.39 is 0 Å². The number of benzene rings is 2. The molecule has 154 valence electrons. The summed E-state index contributed by atoms with van der Waals surface area (Å²) >= 11 is 6.28. The third-order valence-electron chi connectivity index (χ3n) is 5.30. The maximum absolute atomic E-state index is 12.9. The highest BCUT2D eigenvalue weighted by molar-refractivity contribution is 6.31. The number of nitrogens with zero attached hydrogens (tertiary/aromatic N) is 1. The zero-order valence-electron chi connectivity index (χ0n) is 17.0. The summed E-state index contributed by atoms with van der Waals surface area (Å²) in [6.07, 6.45) is 1.53. The molecule has 2 aromatic rings. The molecular weight excluding hydrogens is 388 g/mol. The van der Waals surface area contributed by atoms with Gasteiger partial charge in [0.15, 0.2) is 6.61 Å². The highest BCUT2D eigenvalue weighted by Gasteiger charge is 2.45. The van der Waals surface area contributed by atoms with E-state index in [0.29, 0.717) is 10.8 Å². The first-order valence-electron chi connectivity index (χ1n) is 9.89. The lowest BCUT2D eigenvalue weighted by molar-refractivity contribution is -0.130. The molecule has 0 spiro atoms. The van der Waals surface area contributed by atoms with E-state index in [9.17, 15) is 9.59 Å². The summed E-state index contributed by atoms with van der Waals surface area (Å²) in [7, 11) is 3.38. The topological polar surface area (TPSA) is 58.6 Å². The van der Waals surface area contributed by atoms with E-state index >= 15 is 0 Å². The summed E-state index contributed by atoms with van der Waals surface area (Å²) in [5, 5.41) is 3.87. The van der Waals surface area contributed by atoms with E-state index in [1.54, 1.807) is 14.1 Å². The molecule has 3 atom stereocenters. The quantitative estimate of drug-likeness (QED) is 0.705. The summed E-state index contributed by atoms with van der Waals surface area (Å²) in [5.41, 5.74) is 1.91. The molecule has 1 saturated carbocycles. The molecule has 0 saturated heterocycles. The van der Waals surface area contributed by atoms with E-state index in [1.807, 2.05) is 55.5 Å². The number of rotatable bonds is 8. The van der Waals surface area contributed by atoms with Crippen LogP contribution in [0.5, 0.6) is 5.75 Å². The fraction of sp³-hybridized carbons (Fsp3) is 0.391. The molecule has 1 aliphatic rings. The van der Waals surface area contributed by atoms with E-state index in [1.165, 1.54) is 4.90 Å². The first-order chi connectivity index (χ1) is 13.9. The van der Waals surface area contributed by atoms with Gasteiger partial charge in [0.2, 0.25) is 5.91 Å².